The molecule has 1 aromatic heterocycles. The highest BCUT2D eigenvalue weighted by atomic mass is 32.1. The molecule has 0 saturated heterocycles. The average Bonchev–Trinajstić information content (AvgIpc) is 2.58. The third-order valence-corrected chi connectivity index (χ3v) is 3.44. The molecule has 2 aromatic rings. The van der Waals surface area contributed by atoms with Crippen molar-refractivity contribution >= 4 is 21.6 Å². The molecular formula is C11H14N2S. The molecule has 0 unspecified atom stereocenters. The van der Waals surface area contributed by atoms with E-state index in [9.17, 15) is 0 Å². The van der Waals surface area contributed by atoms with Gasteiger partial charge in [-0.05, 0) is 43.4 Å². The molecule has 74 valence electrons. The first-order chi connectivity index (χ1) is 6.83. The second kappa shape index (κ2) is 4.07. The van der Waals surface area contributed by atoms with Gasteiger partial charge in [-0.25, -0.2) is 0 Å². The van der Waals surface area contributed by atoms with E-state index in [1.165, 1.54) is 15.6 Å². The lowest BCUT2D eigenvalue weighted by Crippen LogP contribution is -2.00. The van der Waals surface area contributed by atoms with Gasteiger partial charge in [0.25, 0.3) is 0 Å². The van der Waals surface area contributed by atoms with E-state index in [4.69, 9.17) is 5.73 Å². The Morgan fingerprint density at radius 3 is 3.07 bits per heavy atom. The summed E-state index contributed by atoms with van der Waals surface area (Å²) in [5.74, 6) is 0. The van der Waals surface area contributed by atoms with Crippen LogP contribution in [0.1, 0.15) is 17.7 Å². The maximum absolute atomic E-state index is 5.51. The van der Waals surface area contributed by atoms with Crippen molar-refractivity contribution in [3.63, 3.8) is 0 Å². The van der Waals surface area contributed by atoms with Crippen LogP contribution in [-0.4, -0.2) is 10.9 Å². The highest BCUT2D eigenvalue weighted by Gasteiger charge is 2.05. The summed E-state index contributed by atoms with van der Waals surface area (Å²) in [6.07, 6.45) is 2.12. The quantitative estimate of drug-likeness (QED) is 0.838. The lowest BCUT2D eigenvalue weighted by molar-refractivity contribution is 0.838. The minimum absolute atomic E-state index is 0.758. The molecule has 0 atom stereocenters. The first-order valence-corrected chi connectivity index (χ1v) is 5.64. The molecule has 0 aliphatic carbocycles. The van der Waals surface area contributed by atoms with Crippen molar-refractivity contribution in [1.29, 1.82) is 0 Å². The molecule has 3 heteroatoms. The van der Waals surface area contributed by atoms with Gasteiger partial charge >= 0.3 is 0 Å². The molecule has 0 amide bonds. The fraction of sp³-hybridized carbons (Fsp3) is 0.364. The fourth-order valence-corrected chi connectivity index (χ4v) is 2.56. The molecule has 2 nitrogen and oxygen atoms in total. The van der Waals surface area contributed by atoms with Crippen molar-refractivity contribution < 1.29 is 0 Å². The van der Waals surface area contributed by atoms with Gasteiger partial charge in [0.2, 0.25) is 0 Å². The molecule has 14 heavy (non-hydrogen) atoms. The first-order valence-electron chi connectivity index (χ1n) is 4.87. The Bertz CT molecular complexity index is 434. The Kier molecular flexibility index (Phi) is 2.79. The molecule has 0 aliphatic rings. The molecule has 1 aromatic carbocycles. The summed E-state index contributed by atoms with van der Waals surface area (Å²) in [5.41, 5.74) is 8.04. The molecule has 0 bridgehead atoms. The zero-order valence-electron chi connectivity index (χ0n) is 8.29. The van der Waals surface area contributed by atoms with E-state index in [-0.39, 0.29) is 0 Å². The third kappa shape index (κ3) is 1.65. The maximum Gasteiger partial charge on any atom is 0.0589 e. The van der Waals surface area contributed by atoms with Gasteiger partial charge in [0.15, 0.2) is 0 Å². The molecule has 2 N–H and O–H groups in total. The van der Waals surface area contributed by atoms with Crippen LogP contribution >= 0.6 is 11.5 Å². The summed E-state index contributed by atoms with van der Waals surface area (Å²) in [5, 5.41) is 1.30. The Hall–Kier alpha value is -0.930. The second-order valence-electron chi connectivity index (χ2n) is 3.45. The van der Waals surface area contributed by atoms with Crippen LogP contribution in [0.5, 0.6) is 0 Å². The van der Waals surface area contributed by atoms with Crippen molar-refractivity contribution in [3.8, 4) is 0 Å². The van der Waals surface area contributed by atoms with Gasteiger partial charge in [-0.2, -0.15) is 4.37 Å². The number of aromatic nitrogens is 1. The van der Waals surface area contributed by atoms with Crippen LogP contribution in [0.4, 0.5) is 0 Å². The minimum Gasteiger partial charge on any atom is -0.330 e. The summed E-state index contributed by atoms with van der Waals surface area (Å²) in [6.45, 7) is 2.82. The van der Waals surface area contributed by atoms with Gasteiger partial charge in [-0.1, -0.05) is 18.2 Å². The number of hydrogen-bond acceptors (Lipinski definition) is 3. The molecule has 0 radical (unpaired) electrons. The van der Waals surface area contributed by atoms with Gasteiger partial charge in [-0.15, -0.1) is 0 Å². The van der Waals surface area contributed by atoms with E-state index < -0.39 is 0 Å². The molecule has 0 aliphatic heterocycles. The van der Waals surface area contributed by atoms with E-state index >= 15 is 0 Å². The van der Waals surface area contributed by atoms with Crippen molar-refractivity contribution in [1.82, 2.24) is 4.37 Å². The van der Waals surface area contributed by atoms with E-state index in [0.717, 1.165) is 25.1 Å². The summed E-state index contributed by atoms with van der Waals surface area (Å²) in [6, 6.07) is 6.42. The predicted molar refractivity (Wildman–Crippen MR) is 61.7 cm³/mol. The monoisotopic (exact) mass is 206 g/mol. The zero-order chi connectivity index (χ0) is 9.97. The number of aryl methyl sites for hydroxylation is 2. The second-order valence-corrected chi connectivity index (χ2v) is 4.23. The molecule has 2 rings (SSSR count). The zero-order valence-corrected chi connectivity index (χ0v) is 9.10. The van der Waals surface area contributed by atoms with Crippen molar-refractivity contribution in [2.45, 2.75) is 19.8 Å². The summed E-state index contributed by atoms with van der Waals surface area (Å²) in [7, 11) is 0. The van der Waals surface area contributed by atoms with Crippen LogP contribution in [0, 0.1) is 6.92 Å². The lowest BCUT2D eigenvalue weighted by atomic mass is 10.1. The van der Waals surface area contributed by atoms with E-state index in [1.807, 2.05) is 0 Å². The largest absolute Gasteiger partial charge is 0.330 e. The van der Waals surface area contributed by atoms with Crippen molar-refractivity contribution in [2.75, 3.05) is 6.54 Å². The van der Waals surface area contributed by atoms with Gasteiger partial charge in [0.05, 0.1) is 10.4 Å². The third-order valence-electron chi connectivity index (χ3n) is 2.41. The lowest BCUT2D eigenvalue weighted by Gasteiger charge is -2.00. The van der Waals surface area contributed by atoms with E-state index in [2.05, 4.69) is 29.5 Å². The topological polar surface area (TPSA) is 38.9 Å². The van der Waals surface area contributed by atoms with Crippen molar-refractivity contribution in [2.24, 2.45) is 5.73 Å². The molecule has 0 fully saturated rings. The van der Waals surface area contributed by atoms with Crippen LogP contribution in [0.25, 0.3) is 10.1 Å². The Morgan fingerprint density at radius 2 is 2.29 bits per heavy atom. The van der Waals surface area contributed by atoms with Crippen LogP contribution in [0.2, 0.25) is 0 Å². The molecule has 0 saturated carbocycles. The smallest absolute Gasteiger partial charge is 0.0589 e. The summed E-state index contributed by atoms with van der Waals surface area (Å²) < 4.78 is 5.71. The first kappa shape index (κ1) is 9.62. The Balaban J connectivity index is 2.44. The standard InChI is InChI=1S/C11H14N2S/c1-8-10-6-2-4-9(5-3-7-12)11(10)14-13-8/h2,4,6H,3,5,7,12H2,1H3. The number of rotatable bonds is 3. The molecule has 1 heterocycles. The molecular weight excluding hydrogens is 192 g/mol. The highest BCUT2D eigenvalue weighted by molar-refractivity contribution is 7.13. The summed E-state index contributed by atoms with van der Waals surface area (Å²) >= 11 is 1.60. The van der Waals surface area contributed by atoms with Gasteiger partial charge in [0, 0.05) is 5.39 Å². The number of hydrogen-bond donors (Lipinski definition) is 1. The number of nitrogens with zero attached hydrogens (tertiary/aromatic N) is 1. The normalized spacial score (nSPS) is 11.0. The van der Waals surface area contributed by atoms with Crippen molar-refractivity contribution in [3.05, 3.63) is 29.5 Å². The number of benzene rings is 1. The van der Waals surface area contributed by atoms with Crippen LogP contribution < -0.4 is 5.73 Å². The number of nitrogens with two attached hydrogens (primary N) is 1. The van der Waals surface area contributed by atoms with Gasteiger partial charge in [-0.3, -0.25) is 0 Å². The Labute approximate surface area is 87.9 Å². The fourth-order valence-electron chi connectivity index (χ4n) is 1.63. The summed E-state index contributed by atoms with van der Waals surface area (Å²) in [4.78, 5) is 0. The number of fused-ring (bicyclic) bond motifs is 1. The Morgan fingerprint density at radius 1 is 1.43 bits per heavy atom. The maximum atomic E-state index is 5.51. The predicted octanol–water partition coefficient (Wildman–Crippen LogP) is 2.50. The molecule has 0 spiro atoms. The highest BCUT2D eigenvalue weighted by Crippen LogP contribution is 2.26. The average molecular weight is 206 g/mol. The van der Waals surface area contributed by atoms with Crippen LogP contribution in [-0.2, 0) is 6.42 Å². The minimum atomic E-state index is 0.758. The van der Waals surface area contributed by atoms with Gasteiger partial charge < -0.3 is 5.73 Å². The van der Waals surface area contributed by atoms with Crippen LogP contribution in [0.15, 0.2) is 18.2 Å². The SMILES string of the molecule is Cc1nsc2c(CCCN)cccc12. The van der Waals surface area contributed by atoms with Gasteiger partial charge in [0.1, 0.15) is 0 Å². The van der Waals surface area contributed by atoms with Crippen LogP contribution in [0.3, 0.4) is 0 Å². The van der Waals surface area contributed by atoms with E-state index in [1.54, 1.807) is 11.5 Å². The van der Waals surface area contributed by atoms with E-state index in [0.29, 0.717) is 0 Å².